The van der Waals surface area contributed by atoms with Crippen LogP contribution in [0.2, 0.25) is 0 Å². The largest absolute Gasteiger partial charge is 0.480 e. The third kappa shape index (κ3) is 11.0. The molecule has 0 heterocycles. The van der Waals surface area contributed by atoms with Gasteiger partial charge in [0.1, 0.15) is 24.2 Å². The predicted molar refractivity (Wildman–Crippen MR) is 132 cm³/mol. The van der Waals surface area contributed by atoms with E-state index in [1.165, 1.54) is 6.92 Å². The molecular weight excluding hydrogens is 472 g/mol. The van der Waals surface area contributed by atoms with Crippen LogP contribution in [0.25, 0.3) is 0 Å². The SMILES string of the molecule is CC[C@H](C)[C@H](NC(=O)[C@@H](NC(=O)[C@@H](NC(=O)CNC(=O)CN)C(C)C)C(C)C)C(=O)N[C@@H](C)C(=O)O. The van der Waals surface area contributed by atoms with Gasteiger partial charge in [-0.1, -0.05) is 48.0 Å². The molecule has 0 saturated heterocycles. The number of aliphatic carboxylic acids is 1. The summed E-state index contributed by atoms with van der Waals surface area (Å²) in [5.74, 6) is -5.24. The van der Waals surface area contributed by atoms with Crippen LogP contribution in [0.5, 0.6) is 0 Å². The first-order valence-corrected chi connectivity index (χ1v) is 12.1. The highest BCUT2D eigenvalue weighted by Gasteiger charge is 2.34. The first kappa shape index (κ1) is 32.8. The monoisotopic (exact) mass is 514 g/mol. The fourth-order valence-electron chi connectivity index (χ4n) is 3.10. The summed E-state index contributed by atoms with van der Waals surface area (Å²) in [5, 5.41) is 21.6. The summed E-state index contributed by atoms with van der Waals surface area (Å²) in [5.41, 5.74) is 5.19. The van der Waals surface area contributed by atoms with Crippen LogP contribution in [0, 0.1) is 17.8 Å². The quantitative estimate of drug-likeness (QED) is 0.136. The highest BCUT2D eigenvalue weighted by molar-refractivity contribution is 5.95. The summed E-state index contributed by atoms with van der Waals surface area (Å²) in [6, 6.07) is -4.20. The van der Waals surface area contributed by atoms with Crippen LogP contribution in [0.15, 0.2) is 0 Å². The van der Waals surface area contributed by atoms with E-state index in [4.69, 9.17) is 10.8 Å². The van der Waals surface area contributed by atoms with E-state index in [0.29, 0.717) is 6.42 Å². The van der Waals surface area contributed by atoms with Crippen molar-refractivity contribution in [3.05, 3.63) is 0 Å². The van der Waals surface area contributed by atoms with Gasteiger partial charge in [-0.3, -0.25) is 28.8 Å². The number of nitrogens with two attached hydrogens (primary N) is 1. The molecule has 13 nitrogen and oxygen atoms in total. The molecular formula is C23H42N6O7. The van der Waals surface area contributed by atoms with Gasteiger partial charge in [-0.15, -0.1) is 0 Å². The molecule has 5 amide bonds. The molecule has 0 radical (unpaired) electrons. The summed E-state index contributed by atoms with van der Waals surface area (Å²) in [6.45, 7) is 11.1. The second-order valence-corrected chi connectivity index (χ2v) is 9.44. The Morgan fingerprint density at radius 2 is 1.14 bits per heavy atom. The summed E-state index contributed by atoms with van der Waals surface area (Å²) in [7, 11) is 0. The number of rotatable bonds is 15. The predicted octanol–water partition coefficient (Wildman–Crippen LogP) is -1.54. The summed E-state index contributed by atoms with van der Waals surface area (Å²) < 4.78 is 0. The van der Waals surface area contributed by atoms with Gasteiger partial charge in [0.15, 0.2) is 0 Å². The summed E-state index contributed by atoms with van der Waals surface area (Å²) in [6.07, 6.45) is 0.528. The van der Waals surface area contributed by atoms with Crippen molar-refractivity contribution in [1.29, 1.82) is 0 Å². The molecule has 8 N–H and O–H groups in total. The third-order valence-corrected chi connectivity index (χ3v) is 5.67. The molecule has 0 aliphatic heterocycles. The number of carboxylic acid groups (broad SMARTS) is 1. The van der Waals surface area contributed by atoms with Crippen LogP contribution in [0.4, 0.5) is 0 Å². The van der Waals surface area contributed by atoms with Gasteiger partial charge >= 0.3 is 5.97 Å². The van der Waals surface area contributed by atoms with E-state index in [-0.39, 0.29) is 30.8 Å². The van der Waals surface area contributed by atoms with E-state index in [1.807, 2.05) is 6.92 Å². The molecule has 0 aromatic carbocycles. The Labute approximate surface area is 212 Å². The average molecular weight is 515 g/mol. The minimum Gasteiger partial charge on any atom is -0.480 e. The Hall–Kier alpha value is -3.22. The topological polar surface area (TPSA) is 209 Å². The molecule has 0 rings (SSSR count). The molecule has 0 spiro atoms. The van der Waals surface area contributed by atoms with Gasteiger partial charge in [0.25, 0.3) is 0 Å². The van der Waals surface area contributed by atoms with Gasteiger partial charge in [0.2, 0.25) is 29.5 Å². The fourth-order valence-corrected chi connectivity index (χ4v) is 3.10. The maximum atomic E-state index is 13.1. The van der Waals surface area contributed by atoms with E-state index in [1.54, 1.807) is 34.6 Å². The van der Waals surface area contributed by atoms with Crippen LogP contribution in [-0.2, 0) is 28.8 Å². The number of carboxylic acids is 1. The Balaban J connectivity index is 5.52. The molecule has 0 aromatic rings. The van der Waals surface area contributed by atoms with Crippen molar-refractivity contribution >= 4 is 35.5 Å². The van der Waals surface area contributed by atoms with Crippen LogP contribution in [0.1, 0.15) is 54.9 Å². The minimum absolute atomic E-state index is 0.280. The Morgan fingerprint density at radius 1 is 0.694 bits per heavy atom. The van der Waals surface area contributed by atoms with Crippen LogP contribution in [0.3, 0.4) is 0 Å². The molecule has 0 bridgehead atoms. The molecule has 0 aromatic heterocycles. The van der Waals surface area contributed by atoms with Crippen molar-refractivity contribution in [3.8, 4) is 0 Å². The lowest BCUT2D eigenvalue weighted by atomic mass is 9.95. The summed E-state index contributed by atoms with van der Waals surface area (Å²) >= 11 is 0. The molecule has 0 fully saturated rings. The van der Waals surface area contributed by atoms with Crippen molar-refractivity contribution in [2.24, 2.45) is 23.5 Å². The molecule has 0 saturated carbocycles. The zero-order valence-electron chi connectivity index (χ0n) is 22.1. The van der Waals surface area contributed by atoms with Crippen LogP contribution in [-0.4, -0.2) is 77.9 Å². The van der Waals surface area contributed by atoms with Gasteiger partial charge in [0.05, 0.1) is 13.1 Å². The average Bonchev–Trinajstić information content (AvgIpc) is 2.81. The highest BCUT2D eigenvalue weighted by Crippen LogP contribution is 2.11. The first-order chi connectivity index (χ1) is 16.7. The van der Waals surface area contributed by atoms with Gasteiger partial charge in [-0.05, 0) is 24.7 Å². The van der Waals surface area contributed by atoms with Gasteiger partial charge in [0, 0.05) is 0 Å². The van der Waals surface area contributed by atoms with Crippen molar-refractivity contribution in [2.45, 2.75) is 79.1 Å². The number of carbonyl (C=O) groups is 6. The van der Waals surface area contributed by atoms with Crippen molar-refractivity contribution in [3.63, 3.8) is 0 Å². The van der Waals surface area contributed by atoms with Crippen LogP contribution >= 0.6 is 0 Å². The Morgan fingerprint density at radius 3 is 1.56 bits per heavy atom. The lowest BCUT2D eigenvalue weighted by molar-refractivity contribution is -0.142. The molecule has 0 unspecified atom stereocenters. The van der Waals surface area contributed by atoms with Gasteiger partial charge in [-0.25, -0.2) is 0 Å². The van der Waals surface area contributed by atoms with Crippen LogP contribution < -0.4 is 32.3 Å². The van der Waals surface area contributed by atoms with Crippen molar-refractivity contribution in [2.75, 3.05) is 13.1 Å². The number of amides is 5. The molecule has 0 aliphatic rings. The van der Waals surface area contributed by atoms with E-state index in [0.717, 1.165) is 0 Å². The smallest absolute Gasteiger partial charge is 0.325 e. The van der Waals surface area contributed by atoms with E-state index >= 15 is 0 Å². The molecule has 5 atom stereocenters. The maximum absolute atomic E-state index is 13.1. The van der Waals surface area contributed by atoms with Gasteiger partial charge in [-0.2, -0.15) is 0 Å². The zero-order valence-corrected chi connectivity index (χ0v) is 22.1. The van der Waals surface area contributed by atoms with E-state index in [2.05, 4.69) is 26.6 Å². The molecule has 0 aliphatic carbocycles. The Bertz CT molecular complexity index is 802. The number of hydrogen-bond donors (Lipinski definition) is 7. The standard InChI is InChI=1S/C23H42N6O7/c1-8-13(6)19(22(34)26-14(7)23(35)36)29-21(33)18(12(4)5)28-20(32)17(11(2)3)27-16(31)10-25-15(30)9-24/h11-14,17-19H,8-10,24H2,1-7H3,(H,25,30)(H,26,34)(H,27,31)(H,28,32)(H,29,33)(H,35,36)/t13-,14-,17-,18-,19-/m0/s1. The molecule has 36 heavy (non-hydrogen) atoms. The van der Waals surface area contributed by atoms with Crippen molar-refractivity contribution < 1.29 is 33.9 Å². The lowest BCUT2D eigenvalue weighted by Crippen LogP contribution is -2.60. The normalized spacial score (nSPS) is 15.2. The molecule has 206 valence electrons. The fraction of sp³-hybridized carbons (Fsp3) is 0.739. The zero-order chi connectivity index (χ0) is 28.2. The lowest BCUT2D eigenvalue weighted by Gasteiger charge is -2.30. The number of nitrogens with one attached hydrogen (secondary N) is 5. The van der Waals surface area contributed by atoms with E-state index < -0.39 is 59.7 Å². The van der Waals surface area contributed by atoms with E-state index in [9.17, 15) is 28.8 Å². The third-order valence-electron chi connectivity index (χ3n) is 5.67. The second kappa shape index (κ2) is 15.7. The highest BCUT2D eigenvalue weighted by atomic mass is 16.4. The first-order valence-electron chi connectivity index (χ1n) is 12.1. The maximum Gasteiger partial charge on any atom is 0.325 e. The van der Waals surface area contributed by atoms with Gasteiger partial charge < -0.3 is 37.4 Å². The Kier molecular flexibility index (Phi) is 14.3. The minimum atomic E-state index is -1.21. The summed E-state index contributed by atoms with van der Waals surface area (Å²) in [4.78, 5) is 73.4. The second-order valence-electron chi connectivity index (χ2n) is 9.44. The number of hydrogen-bond acceptors (Lipinski definition) is 7. The number of carbonyl (C=O) groups excluding carboxylic acids is 5. The van der Waals surface area contributed by atoms with Crippen molar-refractivity contribution in [1.82, 2.24) is 26.6 Å². The molecule has 13 heteroatoms.